The van der Waals surface area contributed by atoms with E-state index in [2.05, 4.69) is 5.32 Å². The molecule has 0 aliphatic carbocycles. The van der Waals surface area contributed by atoms with E-state index in [1.165, 1.54) is 0 Å². The molecule has 5 heteroatoms. The third-order valence-corrected chi connectivity index (χ3v) is 5.12. The lowest BCUT2D eigenvalue weighted by Crippen LogP contribution is -2.31. The van der Waals surface area contributed by atoms with Crippen molar-refractivity contribution in [2.75, 3.05) is 6.61 Å². The quantitative estimate of drug-likeness (QED) is 0.635. The Labute approximate surface area is 156 Å². The number of thiophene rings is 1. The molecule has 1 heterocycles. The number of carbonyl (C=O) groups is 2. The topological polar surface area (TPSA) is 55.4 Å². The fourth-order valence-corrected chi connectivity index (χ4v) is 3.60. The van der Waals surface area contributed by atoms with Crippen LogP contribution in [0.25, 0.3) is 10.8 Å². The molecule has 0 bridgehead atoms. The van der Waals surface area contributed by atoms with Crippen LogP contribution in [0.1, 0.15) is 29.8 Å². The molecule has 26 heavy (non-hydrogen) atoms. The first-order valence-corrected chi connectivity index (χ1v) is 9.46. The monoisotopic (exact) mass is 367 g/mol. The van der Waals surface area contributed by atoms with Gasteiger partial charge in [-0.1, -0.05) is 48.5 Å². The van der Waals surface area contributed by atoms with Crippen LogP contribution in [0.2, 0.25) is 0 Å². The lowest BCUT2D eigenvalue weighted by atomic mass is 10.00. The number of nitrogens with one attached hydrogen (secondary N) is 1. The zero-order chi connectivity index (χ0) is 18.4. The Morgan fingerprint density at radius 3 is 2.69 bits per heavy atom. The van der Waals surface area contributed by atoms with Crippen LogP contribution < -0.4 is 5.32 Å². The number of amides is 1. The Morgan fingerprint density at radius 2 is 1.88 bits per heavy atom. The summed E-state index contributed by atoms with van der Waals surface area (Å²) >= 11 is 1.61. The first kappa shape index (κ1) is 18.1. The molecule has 0 aliphatic heterocycles. The van der Waals surface area contributed by atoms with E-state index < -0.39 is 0 Å². The molecule has 1 amide bonds. The highest BCUT2D eigenvalue weighted by Crippen LogP contribution is 2.23. The van der Waals surface area contributed by atoms with E-state index >= 15 is 0 Å². The van der Waals surface area contributed by atoms with Gasteiger partial charge in [0.15, 0.2) is 6.61 Å². The molecule has 1 atom stereocenters. The normalized spacial score (nSPS) is 11.9. The van der Waals surface area contributed by atoms with Gasteiger partial charge in [0.05, 0.1) is 12.5 Å². The van der Waals surface area contributed by atoms with E-state index in [0.717, 1.165) is 21.2 Å². The van der Waals surface area contributed by atoms with Crippen LogP contribution in [-0.2, 0) is 20.7 Å². The van der Waals surface area contributed by atoms with Gasteiger partial charge >= 0.3 is 5.97 Å². The number of rotatable bonds is 7. The molecule has 0 spiro atoms. The van der Waals surface area contributed by atoms with Crippen molar-refractivity contribution < 1.29 is 14.3 Å². The summed E-state index contributed by atoms with van der Waals surface area (Å²) in [5, 5.41) is 7.11. The molecule has 0 saturated heterocycles. The second-order valence-electron chi connectivity index (χ2n) is 6.10. The number of benzene rings is 2. The summed E-state index contributed by atoms with van der Waals surface area (Å²) in [6.07, 6.45) is 0.928. The maximum absolute atomic E-state index is 12.1. The first-order chi connectivity index (χ1) is 12.6. The molecular weight excluding hydrogens is 346 g/mol. The average Bonchev–Trinajstić information content (AvgIpc) is 3.18. The number of fused-ring (bicyclic) bond motifs is 1. The predicted molar refractivity (Wildman–Crippen MR) is 104 cm³/mol. The Bertz CT molecular complexity index is 884. The molecule has 3 aromatic rings. The van der Waals surface area contributed by atoms with Crippen LogP contribution in [0, 0.1) is 0 Å². The highest BCUT2D eigenvalue weighted by atomic mass is 32.1. The molecule has 0 radical (unpaired) electrons. The number of ether oxygens (including phenoxy) is 1. The van der Waals surface area contributed by atoms with Gasteiger partial charge in [0.2, 0.25) is 0 Å². The summed E-state index contributed by atoms with van der Waals surface area (Å²) in [6.45, 7) is 1.68. The van der Waals surface area contributed by atoms with E-state index in [0.29, 0.717) is 6.42 Å². The zero-order valence-corrected chi connectivity index (χ0v) is 15.4. The minimum absolute atomic E-state index is 0.168. The highest BCUT2D eigenvalue weighted by molar-refractivity contribution is 7.09. The number of aryl methyl sites for hydroxylation is 1. The SMILES string of the molecule is C[C@H](NC(=O)COC(=O)CCc1cccs1)c1cccc2ccccc12. The van der Waals surface area contributed by atoms with Crippen molar-refractivity contribution in [2.45, 2.75) is 25.8 Å². The standard InChI is InChI=1S/C21H21NO3S/c1-15(18-10-4-7-16-6-2-3-9-19(16)18)22-20(23)14-25-21(24)12-11-17-8-5-13-26-17/h2-10,13,15H,11-12,14H2,1H3,(H,22,23)/t15-/m0/s1. The summed E-state index contributed by atoms with van der Waals surface area (Å²) in [5.74, 6) is -0.652. The molecular formula is C21H21NO3S. The third kappa shape index (κ3) is 4.70. The molecule has 0 unspecified atom stereocenters. The average molecular weight is 367 g/mol. The molecule has 2 aromatic carbocycles. The van der Waals surface area contributed by atoms with Crippen molar-refractivity contribution >= 4 is 34.0 Å². The fraction of sp³-hybridized carbons (Fsp3) is 0.238. The smallest absolute Gasteiger partial charge is 0.306 e. The van der Waals surface area contributed by atoms with Crippen molar-refractivity contribution in [1.29, 1.82) is 0 Å². The van der Waals surface area contributed by atoms with Gasteiger partial charge in [0, 0.05) is 4.88 Å². The second kappa shape index (κ2) is 8.63. The number of esters is 1. The lowest BCUT2D eigenvalue weighted by Gasteiger charge is -2.16. The minimum Gasteiger partial charge on any atom is -0.456 e. The van der Waals surface area contributed by atoms with Gasteiger partial charge in [-0.05, 0) is 41.1 Å². The van der Waals surface area contributed by atoms with E-state index in [9.17, 15) is 9.59 Å². The summed E-state index contributed by atoms with van der Waals surface area (Å²) in [4.78, 5) is 25.0. The van der Waals surface area contributed by atoms with Gasteiger partial charge in [-0.15, -0.1) is 11.3 Å². The van der Waals surface area contributed by atoms with Crippen molar-refractivity contribution in [3.05, 3.63) is 70.4 Å². The van der Waals surface area contributed by atoms with Gasteiger partial charge in [0.25, 0.3) is 5.91 Å². The van der Waals surface area contributed by atoms with E-state index in [4.69, 9.17) is 4.74 Å². The molecule has 1 aromatic heterocycles. The molecule has 134 valence electrons. The van der Waals surface area contributed by atoms with E-state index in [-0.39, 0.29) is 30.9 Å². The van der Waals surface area contributed by atoms with Crippen LogP contribution in [0.5, 0.6) is 0 Å². The Hall–Kier alpha value is -2.66. The summed E-state index contributed by atoms with van der Waals surface area (Å²) in [7, 11) is 0. The largest absolute Gasteiger partial charge is 0.456 e. The molecule has 3 rings (SSSR count). The maximum atomic E-state index is 12.1. The number of hydrogen-bond donors (Lipinski definition) is 1. The second-order valence-corrected chi connectivity index (χ2v) is 7.13. The summed E-state index contributed by atoms with van der Waals surface area (Å²) in [5.41, 5.74) is 1.04. The van der Waals surface area contributed by atoms with Crippen molar-refractivity contribution in [1.82, 2.24) is 5.32 Å². The first-order valence-electron chi connectivity index (χ1n) is 8.58. The Kier molecular flexibility index (Phi) is 6.02. The molecule has 4 nitrogen and oxygen atoms in total. The van der Waals surface area contributed by atoms with Crippen LogP contribution in [0.15, 0.2) is 60.0 Å². The molecule has 1 N–H and O–H groups in total. The van der Waals surface area contributed by atoms with Gasteiger partial charge in [0.1, 0.15) is 0 Å². The van der Waals surface area contributed by atoms with Crippen LogP contribution in [0.4, 0.5) is 0 Å². The predicted octanol–water partition coefficient (Wildman–Crippen LogP) is 4.25. The van der Waals surface area contributed by atoms with Crippen LogP contribution >= 0.6 is 11.3 Å². The molecule has 0 fully saturated rings. The summed E-state index contributed by atoms with van der Waals surface area (Å²) < 4.78 is 5.08. The van der Waals surface area contributed by atoms with Crippen LogP contribution in [0.3, 0.4) is 0 Å². The minimum atomic E-state index is -0.355. The van der Waals surface area contributed by atoms with Crippen molar-refractivity contribution in [2.24, 2.45) is 0 Å². The molecule has 0 aliphatic rings. The lowest BCUT2D eigenvalue weighted by molar-refractivity contribution is -0.148. The third-order valence-electron chi connectivity index (χ3n) is 4.19. The van der Waals surface area contributed by atoms with Gasteiger partial charge in [-0.25, -0.2) is 0 Å². The van der Waals surface area contributed by atoms with Crippen LogP contribution in [-0.4, -0.2) is 18.5 Å². The summed E-state index contributed by atoms with van der Waals surface area (Å²) in [6, 6.07) is 17.8. The number of carbonyl (C=O) groups excluding carboxylic acids is 2. The Balaban J connectivity index is 1.50. The highest BCUT2D eigenvalue weighted by Gasteiger charge is 2.14. The zero-order valence-electron chi connectivity index (χ0n) is 14.6. The molecule has 0 saturated carbocycles. The van der Waals surface area contributed by atoms with E-state index in [1.54, 1.807) is 11.3 Å². The number of hydrogen-bond acceptors (Lipinski definition) is 4. The van der Waals surface area contributed by atoms with Gasteiger partial charge in [-0.2, -0.15) is 0 Å². The van der Waals surface area contributed by atoms with Gasteiger partial charge in [-0.3, -0.25) is 9.59 Å². The van der Waals surface area contributed by atoms with Gasteiger partial charge < -0.3 is 10.1 Å². The van der Waals surface area contributed by atoms with Crippen molar-refractivity contribution in [3.8, 4) is 0 Å². The Morgan fingerprint density at radius 1 is 1.08 bits per heavy atom. The van der Waals surface area contributed by atoms with E-state index in [1.807, 2.05) is 66.9 Å². The van der Waals surface area contributed by atoms with Crippen molar-refractivity contribution in [3.63, 3.8) is 0 Å². The fourth-order valence-electron chi connectivity index (χ4n) is 2.89. The maximum Gasteiger partial charge on any atom is 0.306 e.